The minimum atomic E-state index is -1.52. The Balaban J connectivity index is 1.80. The molecule has 12 heteroatoms. The quantitative estimate of drug-likeness (QED) is 0.120. The van der Waals surface area contributed by atoms with Gasteiger partial charge in [-0.25, -0.2) is 0 Å². The van der Waals surface area contributed by atoms with Crippen LogP contribution in [-0.4, -0.2) is 119 Å². The monoisotopic (exact) mass is 482 g/mol. The molecule has 194 valence electrons. The molecule has 0 spiro atoms. The highest BCUT2D eigenvalue weighted by Crippen LogP contribution is 2.30. The molecule has 0 unspecified atom stereocenters. The number of esters is 1. The van der Waals surface area contributed by atoms with Crippen molar-refractivity contribution in [2.24, 2.45) is 0 Å². The van der Waals surface area contributed by atoms with Gasteiger partial charge in [-0.05, 0) is 12.8 Å². The van der Waals surface area contributed by atoms with Crippen LogP contribution >= 0.6 is 0 Å². The van der Waals surface area contributed by atoms with Crippen LogP contribution in [0.1, 0.15) is 44.9 Å². The molecule has 9 atom stereocenters. The zero-order chi connectivity index (χ0) is 24.4. The van der Waals surface area contributed by atoms with Crippen molar-refractivity contribution in [1.82, 2.24) is 0 Å². The lowest BCUT2D eigenvalue weighted by Gasteiger charge is -2.42. The lowest BCUT2D eigenvalue weighted by molar-refractivity contribution is -0.337. The fraction of sp³-hybridized carbons (Fsp3) is 0.952. The first-order valence-electron chi connectivity index (χ1n) is 11.4. The van der Waals surface area contributed by atoms with E-state index in [2.05, 4.69) is 4.74 Å². The van der Waals surface area contributed by atoms with Gasteiger partial charge in [-0.3, -0.25) is 4.79 Å². The van der Waals surface area contributed by atoms with Crippen molar-refractivity contribution in [1.29, 1.82) is 0 Å². The number of hydrogen-bond acceptors (Lipinski definition) is 12. The first-order valence-corrected chi connectivity index (χ1v) is 11.4. The summed E-state index contributed by atoms with van der Waals surface area (Å²) in [6, 6.07) is 0. The van der Waals surface area contributed by atoms with Crippen LogP contribution in [0, 0.1) is 0 Å². The standard InChI is InChI=1S/C21H38O12/c1-29-14(24)8-6-4-2-3-5-7-9-30-21-19(17(27)15(25)12(10-22)32-21)33-20-18(28)16(26)13(11-23)31-20/h12-13,15-23,25-28H,2-11H2,1H3/t12-,13-,15-,16-,17+,18+,19+,20-,21+/m1/s1. The van der Waals surface area contributed by atoms with Gasteiger partial charge in [0.1, 0.15) is 42.7 Å². The lowest BCUT2D eigenvalue weighted by atomic mass is 9.99. The number of aliphatic hydroxyl groups is 6. The summed E-state index contributed by atoms with van der Waals surface area (Å²) in [5.74, 6) is -0.210. The highest BCUT2D eigenvalue weighted by molar-refractivity contribution is 5.68. The Hall–Kier alpha value is -0.930. The van der Waals surface area contributed by atoms with Crippen LogP contribution in [0.25, 0.3) is 0 Å². The largest absolute Gasteiger partial charge is 0.469 e. The number of carbonyl (C=O) groups is 1. The van der Waals surface area contributed by atoms with Crippen LogP contribution < -0.4 is 0 Å². The summed E-state index contributed by atoms with van der Waals surface area (Å²) in [4.78, 5) is 11.1. The smallest absolute Gasteiger partial charge is 0.305 e. The Morgan fingerprint density at radius 1 is 0.758 bits per heavy atom. The maximum atomic E-state index is 11.1. The van der Waals surface area contributed by atoms with E-state index >= 15 is 0 Å². The fourth-order valence-electron chi connectivity index (χ4n) is 3.85. The van der Waals surface area contributed by atoms with E-state index < -0.39 is 68.5 Å². The molecule has 12 nitrogen and oxygen atoms in total. The highest BCUT2D eigenvalue weighted by atomic mass is 16.8. The second-order valence-electron chi connectivity index (χ2n) is 8.33. The van der Waals surface area contributed by atoms with Crippen molar-refractivity contribution in [2.75, 3.05) is 26.9 Å². The van der Waals surface area contributed by atoms with E-state index in [-0.39, 0.29) is 12.6 Å². The zero-order valence-electron chi connectivity index (χ0n) is 18.9. The minimum Gasteiger partial charge on any atom is -0.469 e. The second kappa shape index (κ2) is 14.5. The summed E-state index contributed by atoms with van der Waals surface area (Å²) in [5.41, 5.74) is 0. The van der Waals surface area contributed by atoms with Gasteiger partial charge < -0.3 is 54.3 Å². The normalized spacial score (nSPS) is 36.8. The Morgan fingerprint density at radius 3 is 1.91 bits per heavy atom. The van der Waals surface area contributed by atoms with Crippen molar-refractivity contribution in [3.05, 3.63) is 0 Å². The Labute approximate surface area is 193 Å². The molecule has 2 saturated heterocycles. The van der Waals surface area contributed by atoms with Gasteiger partial charge >= 0.3 is 5.97 Å². The van der Waals surface area contributed by atoms with Crippen LogP contribution in [0.5, 0.6) is 0 Å². The molecule has 0 aliphatic carbocycles. The van der Waals surface area contributed by atoms with E-state index in [1.54, 1.807) is 0 Å². The fourth-order valence-corrected chi connectivity index (χ4v) is 3.85. The Morgan fingerprint density at radius 2 is 1.30 bits per heavy atom. The predicted octanol–water partition coefficient (Wildman–Crippen LogP) is -1.83. The predicted molar refractivity (Wildman–Crippen MR) is 111 cm³/mol. The summed E-state index contributed by atoms with van der Waals surface area (Å²) >= 11 is 0. The molecule has 0 radical (unpaired) electrons. The van der Waals surface area contributed by atoms with Gasteiger partial charge in [-0.1, -0.05) is 25.7 Å². The van der Waals surface area contributed by atoms with Crippen LogP contribution in [0.15, 0.2) is 0 Å². The molecule has 2 aliphatic rings. The summed E-state index contributed by atoms with van der Waals surface area (Å²) in [5, 5.41) is 59.3. The highest BCUT2D eigenvalue weighted by Gasteiger charge is 2.50. The van der Waals surface area contributed by atoms with E-state index in [0.717, 1.165) is 32.1 Å². The number of hydrogen-bond donors (Lipinski definition) is 6. The van der Waals surface area contributed by atoms with Gasteiger partial charge in [0.05, 0.1) is 20.3 Å². The van der Waals surface area contributed by atoms with Crippen LogP contribution in [0.4, 0.5) is 0 Å². The topological polar surface area (TPSA) is 185 Å². The third-order valence-electron chi connectivity index (χ3n) is 5.90. The first-order chi connectivity index (χ1) is 15.8. The van der Waals surface area contributed by atoms with E-state index in [9.17, 15) is 35.4 Å². The van der Waals surface area contributed by atoms with Crippen molar-refractivity contribution in [3.63, 3.8) is 0 Å². The second-order valence-corrected chi connectivity index (χ2v) is 8.33. The van der Waals surface area contributed by atoms with Gasteiger partial charge in [0.2, 0.25) is 0 Å². The van der Waals surface area contributed by atoms with Crippen LogP contribution in [0.2, 0.25) is 0 Å². The molecule has 0 aromatic rings. The Bertz CT molecular complexity index is 563. The first kappa shape index (κ1) is 28.3. The average Bonchev–Trinajstić information content (AvgIpc) is 3.09. The summed E-state index contributed by atoms with van der Waals surface area (Å²) in [6.07, 6.45) is -6.27. The lowest BCUT2D eigenvalue weighted by Crippen LogP contribution is -2.61. The third-order valence-corrected chi connectivity index (χ3v) is 5.90. The van der Waals surface area contributed by atoms with Gasteiger partial charge in [-0.2, -0.15) is 0 Å². The van der Waals surface area contributed by atoms with Crippen molar-refractivity contribution in [2.45, 2.75) is 100 Å². The number of ether oxygens (including phenoxy) is 5. The molecule has 0 bridgehead atoms. The molecule has 6 N–H and O–H groups in total. The molecule has 2 heterocycles. The molecule has 0 aromatic heterocycles. The SMILES string of the molecule is COC(=O)CCCCCCCCO[C@H]1O[C@H](CO)[C@@H](O)[C@H](O)[C@@H]1O[C@H]1O[C@H](CO)[C@@H](O)[C@@H]1O. The molecule has 33 heavy (non-hydrogen) atoms. The van der Waals surface area contributed by atoms with E-state index in [1.807, 2.05) is 0 Å². The molecule has 2 fully saturated rings. The molecule has 2 rings (SSSR count). The number of carbonyl (C=O) groups excluding carboxylic acids is 1. The zero-order valence-corrected chi connectivity index (χ0v) is 18.9. The third kappa shape index (κ3) is 8.06. The van der Waals surface area contributed by atoms with E-state index in [0.29, 0.717) is 12.8 Å². The van der Waals surface area contributed by atoms with E-state index in [4.69, 9.17) is 18.9 Å². The number of aliphatic hydroxyl groups excluding tert-OH is 6. The van der Waals surface area contributed by atoms with Gasteiger partial charge in [0.25, 0.3) is 0 Å². The minimum absolute atomic E-state index is 0.210. The molecule has 2 aliphatic heterocycles. The average molecular weight is 483 g/mol. The summed E-state index contributed by atoms with van der Waals surface area (Å²) in [7, 11) is 1.37. The summed E-state index contributed by atoms with van der Waals surface area (Å²) < 4.78 is 26.7. The van der Waals surface area contributed by atoms with Crippen LogP contribution in [-0.2, 0) is 28.5 Å². The Kier molecular flexibility index (Phi) is 12.4. The maximum Gasteiger partial charge on any atom is 0.305 e. The van der Waals surface area contributed by atoms with Crippen molar-refractivity contribution in [3.8, 4) is 0 Å². The van der Waals surface area contributed by atoms with E-state index in [1.165, 1.54) is 7.11 Å². The van der Waals surface area contributed by atoms with Gasteiger partial charge in [0.15, 0.2) is 12.6 Å². The summed E-state index contributed by atoms with van der Waals surface area (Å²) in [6.45, 7) is -0.840. The number of unbranched alkanes of at least 4 members (excludes halogenated alkanes) is 5. The molecule has 0 amide bonds. The van der Waals surface area contributed by atoms with Crippen LogP contribution in [0.3, 0.4) is 0 Å². The molecule has 0 saturated carbocycles. The number of rotatable bonds is 14. The van der Waals surface area contributed by atoms with Crippen molar-refractivity contribution < 1.29 is 59.1 Å². The van der Waals surface area contributed by atoms with Gasteiger partial charge in [-0.15, -0.1) is 0 Å². The molecular formula is C21H38O12. The number of methoxy groups -OCH3 is 1. The maximum absolute atomic E-state index is 11.1. The van der Waals surface area contributed by atoms with Gasteiger partial charge in [0, 0.05) is 13.0 Å². The molecular weight excluding hydrogens is 444 g/mol. The van der Waals surface area contributed by atoms with Crippen molar-refractivity contribution >= 4 is 5.97 Å². The molecule has 0 aromatic carbocycles.